The molecule has 1 N–H and O–H groups in total. The van der Waals surface area contributed by atoms with Gasteiger partial charge in [0.05, 0.1) is 20.3 Å². The number of methoxy groups -OCH3 is 1. The Labute approximate surface area is 153 Å². The predicted molar refractivity (Wildman–Crippen MR) is 100 cm³/mol. The van der Waals surface area contributed by atoms with E-state index in [1.54, 1.807) is 13.2 Å². The maximum Gasteiger partial charge on any atom is 0.238 e. The van der Waals surface area contributed by atoms with Gasteiger partial charge in [-0.1, -0.05) is 12.1 Å². The average molecular weight is 360 g/mol. The van der Waals surface area contributed by atoms with Crippen LogP contribution in [0.1, 0.15) is 18.1 Å². The Morgan fingerprint density at radius 1 is 1.19 bits per heavy atom. The van der Waals surface area contributed by atoms with Gasteiger partial charge in [0, 0.05) is 12.2 Å². The lowest BCUT2D eigenvalue weighted by Crippen LogP contribution is -2.30. The van der Waals surface area contributed by atoms with Crippen LogP contribution in [0.15, 0.2) is 36.4 Å². The van der Waals surface area contributed by atoms with E-state index in [9.17, 15) is 9.18 Å². The number of amides is 1. The summed E-state index contributed by atoms with van der Waals surface area (Å²) < 4.78 is 24.2. The second-order valence-electron chi connectivity index (χ2n) is 6.10. The van der Waals surface area contributed by atoms with E-state index < -0.39 is 0 Å². The van der Waals surface area contributed by atoms with Gasteiger partial charge in [0.1, 0.15) is 5.82 Å². The van der Waals surface area contributed by atoms with Crippen molar-refractivity contribution in [1.82, 2.24) is 4.90 Å². The van der Waals surface area contributed by atoms with E-state index in [1.807, 2.05) is 44.0 Å². The zero-order chi connectivity index (χ0) is 19.1. The smallest absolute Gasteiger partial charge is 0.238 e. The number of anilines is 1. The summed E-state index contributed by atoms with van der Waals surface area (Å²) in [5.41, 5.74) is 2.31. The number of hydrogen-bond acceptors (Lipinski definition) is 4. The Morgan fingerprint density at radius 2 is 1.96 bits per heavy atom. The molecule has 0 aromatic heterocycles. The summed E-state index contributed by atoms with van der Waals surface area (Å²) in [6.45, 7) is 5.06. The number of hydrogen-bond donors (Lipinski definition) is 1. The van der Waals surface area contributed by atoms with Crippen LogP contribution in [0.4, 0.5) is 10.1 Å². The molecule has 0 fully saturated rings. The minimum atomic E-state index is -0.374. The minimum absolute atomic E-state index is 0.186. The number of nitrogens with zero attached hydrogens (tertiary/aromatic N) is 1. The highest BCUT2D eigenvalue weighted by molar-refractivity contribution is 5.92. The lowest BCUT2D eigenvalue weighted by molar-refractivity contribution is -0.117. The first-order chi connectivity index (χ1) is 12.4. The number of rotatable bonds is 8. The summed E-state index contributed by atoms with van der Waals surface area (Å²) in [6, 6.07) is 10.0. The van der Waals surface area contributed by atoms with Crippen molar-refractivity contribution in [2.45, 2.75) is 20.4 Å². The topological polar surface area (TPSA) is 50.8 Å². The van der Waals surface area contributed by atoms with Crippen LogP contribution in [-0.2, 0) is 11.3 Å². The van der Waals surface area contributed by atoms with E-state index in [2.05, 4.69) is 5.32 Å². The van der Waals surface area contributed by atoms with Gasteiger partial charge in [-0.25, -0.2) is 4.39 Å². The first kappa shape index (κ1) is 19.7. The molecule has 0 bridgehead atoms. The monoisotopic (exact) mass is 360 g/mol. The van der Waals surface area contributed by atoms with Gasteiger partial charge in [-0.15, -0.1) is 0 Å². The second-order valence-corrected chi connectivity index (χ2v) is 6.10. The maximum atomic E-state index is 13.3. The molecule has 0 spiro atoms. The summed E-state index contributed by atoms with van der Waals surface area (Å²) in [5.74, 6) is 0.790. The second kappa shape index (κ2) is 9.20. The van der Waals surface area contributed by atoms with Gasteiger partial charge in [-0.2, -0.15) is 0 Å². The van der Waals surface area contributed by atoms with Gasteiger partial charge in [0.2, 0.25) is 5.91 Å². The SMILES string of the molecule is CCOc1ccc(CN(C)CC(=O)Nc2cc(F)ccc2C)cc1OC. The van der Waals surface area contributed by atoms with E-state index in [-0.39, 0.29) is 18.3 Å². The number of ether oxygens (including phenoxy) is 2. The molecule has 0 heterocycles. The van der Waals surface area contributed by atoms with E-state index in [1.165, 1.54) is 12.1 Å². The molecule has 0 unspecified atom stereocenters. The Bertz CT molecular complexity index is 765. The predicted octanol–water partition coefficient (Wildman–Crippen LogP) is 3.61. The van der Waals surface area contributed by atoms with Crippen molar-refractivity contribution >= 4 is 11.6 Å². The fraction of sp³-hybridized carbons (Fsp3) is 0.350. The third-order valence-corrected chi connectivity index (χ3v) is 3.87. The average Bonchev–Trinajstić information content (AvgIpc) is 2.59. The fourth-order valence-electron chi connectivity index (χ4n) is 2.62. The van der Waals surface area contributed by atoms with Crippen LogP contribution in [0, 0.1) is 12.7 Å². The zero-order valence-corrected chi connectivity index (χ0v) is 15.6. The third kappa shape index (κ3) is 5.46. The van der Waals surface area contributed by atoms with Crippen molar-refractivity contribution in [3.05, 3.63) is 53.3 Å². The molecular formula is C20H25FN2O3. The van der Waals surface area contributed by atoms with Crippen LogP contribution in [0.25, 0.3) is 0 Å². The first-order valence-electron chi connectivity index (χ1n) is 8.47. The van der Waals surface area contributed by atoms with Crippen molar-refractivity contribution < 1.29 is 18.7 Å². The standard InChI is InChI=1S/C20H25FN2O3/c1-5-26-18-9-7-15(10-19(18)25-4)12-23(3)13-20(24)22-17-11-16(21)8-6-14(17)2/h6-11H,5,12-13H2,1-4H3,(H,22,24). The van der Waals surface area contributed by atoms with Crippen LogP contribution in [0.2, 0.25) is 0 Å². The van der Waals surface area contributed by atoms with E-state index in [0.717, 1.165) is 11.1 Å². The Kier molecular flexibility index (Phi) is 6.97. The van der Waals surface area contributed by atoms with Gasteiger partial charge < -0.3 is 14.8 Å². The van der Waals surface area contributed by atoms with Gasteiger partial charge in [-0.3, -0.25) is 9.69 Å². The van der Waals surface area contributed by atoms with Crippen molar-refractivity contribution in [3.8, 4) is 11.5 Å². The molecule has 0 aliphatic carbocycles. The Hall–Kier alpha value is -2.60. The van der Waals surface area contributed by atoms with E-state index in [4.69, 9.17) is 9.47 Å². The molecule has 0 radical (unpaired) electrons. The molecule has 6 heteroatoms. The van der Waals surface area contributed by atoms with Crippen molar-refractivity contribution in [1.29, 1.82) is 0 Å². The number of halogens is 1. The summed E-state index contributed by atoms with van der Waals surface area (Å²) >= 11 is 0. The van der Waals surface area contributed by atoms with Crippen LogP contribution in [-0.4, -0.2) is 38.1 Å². The molecule has 0 saturated carbocycles. The number of aryl methyl sites for hydroxylation is 1. The molecule has 2 rings (SSSR count). The number of benzene rings is 2. The maximum absolute atomic E-state index is 13.3. The molecule has 5 nitrogen and oxygen atoms in total. The Balaban J connectivity index is 1.96. The summed E-state index contributed by atoms with van der Waals surface area (Å²) in [7, 11) is 3.45. The minimum Gasteiger partial charge on any atom is -0.493 e. The number of carbonyl (C=O) groups excluding carboxylic acids is 1. The zero-order valence-electron chi connectivity index (χ0n) is 15.6. The molecule has 0 aliphatic heterocycles. The van der Waals surface area contributed by atoms with Gasteiger partial charge in [-0.05, 0) is 56.3 Å². The highest BCUT2D eigenvalue weighted by atomic mass is 19.1. The molecular weight excluding hydrogens is 335 g/mol. The highest BCUT2D eigenvalue weighted by Gasteiger charge is 2.11. The van der Waals surface area contributed by atoms with Crippen LogP contribution in [0.5, 0.6) is 11.5 Å². The summed E-state index contributed by atoms with van der Waals surface area (Å²) in [4.78, 5) is 14.1. The van der Waals surface area contributed by atoms with Gasteiger partial charge in [0.25, 0.3) is 0 Å². The summed E-state index contributed by atoms with van der Waals surface area (Å²) in [6.07, 6.45) is 0. The van der Waals surface area contributed by atoms with Crippen LogP contribution < -0.4 is 14.8 Å². The Morgan fingerprint density at radius 3 is 2.65 bits per heavy atom. The molecule has 0 aliphatic rings. The quantitative estimate of drug-likeness (QED) is 0.781. The molecule has 0 saturated heterocycles. The van der Waals surface area contributed by atoms with E-state index >= 15 is 0 Å². The molecule has 2 aromatic carbocycles. The van der Waals surface area contributed by atoms with E-state index in [0.29, 0.717) is 30.3 Å². The third-order valence-electron chi connectivity index (χ3n) is 3.87. The first-order valence-corrected chi connectivity index (χ1v) is 8.47. The molecule has 26 heavy (non-hydrogen) atoms. The fourth-order valence-corrected chi connectivity index (χ4v) is 2.62. The summed E-state index contributed by atoms with van der Waals surface area (Å²) in [5, 5.41) is 2.75. The molecule has 0 atom stereocenters. The molecule has 2 aromatic rings. The lowest BCUT2D eigenvalue weighted by atomic mass is 10.2. The van der Waals surface area contributed by atoms with Gasteiger partial charge >= 0.3 is 0 Å². The van der Waals surface area contributed by atoms with Crippen molar-refractivity contribution in [3.63, 3.8) is 0 Å². The van der Waals surface area contributed by atoms with Crippen molar-refractivity contribution in [2.75, 3.05) is 32.6 Å². The number of carbonyl (C=O) groups is 1. The lowest BCUT2D eigenvalue weighted by Gasteiger charge is -2.18. The number of likely N-dealkylation sites (N-methyl/N-ethyl adjacent to an activating group) is 1. The van der Waals surface area contributed by atoms with Crippen LogP contribution in [0.3, 0.4) is 0 Å². The number of nitrogens with one attached hydrogen (secondary N) is 1. The van der Waals surface area contributed by atoms with Crippen molar-refractivity contribution in [2.24, 2.45) is 0 Å². The largest absolute Gasteiger partial charge is 0.493 e. The molecule has 1 amide bonds. The molecule has 140 valence electrons. The van der Waals surface area contributed by atoms with Crippen LogP contribution >= 0.6 is 0 Å². The normalized spacial score (nSPS) is 10.7. The van der Waals surface area contributed by atoms with Gasteiger partial charge in [0.15, 0.2) is 11.5 Å². The highest BCUT2D eigenvalue weighted by Crippen LogP contribution is 2.28.